The van der Waals surface area contributed by atoms with E-state index in [1.54, 1.807) is 19.9 Å². The summed E-state index contributed by atoms with van der Waals surface area (Å²) in [6.45, 7) is 3.93. The highest BCUT2D eigenvalue weighted by molar-refractivity contribution is 6.02. The van der Waals surface area contributed by atoms with E-state index in [0.29, 0.717) is 24.9 Å². The van der Waals surface area contributed by atoms with Crippen LogP contribution in [0.5, 0.6) is 0 Å². The van der Waals surface area contributed by atoms with Gasteiger partial charge in [0, 0.05) is 18.2 Å². The minimum Gasteiger partial charge on any atom is -0.459 e. The first kappa shape index (κ1) is 18.1. The topological polar surface area (TPSA) is 62.6 Å². The minimum absolute atomic E-state index is 0.0968. The Labute approximate surface area is 150 Å². The van der Waals surface area contributed by atoms with Crippen molar-refractivity contribution in [3.63, 3.8) is 0 Å². The van der Waals surface area contributed by atoms with Crippen LogP contribution >= 0.6 is 0 Å². The monoisotopic (exact) mass is 362 g/mol. The van der Waals surface area contributed by atoms with Crippen molar-refractivity contribution in [2.24, 2.45) is 5.92 Å². The van der Waals surface area contributed by atoms with Crippen molar-refractivity contribution in [1.29, 1.82) is 0 Å². The van der Waals surface area contributed by atoms with Gasteiger partial charge in [0.15, 0.2) is 5.76 Å². The molecule has 1 aromatic heterocycles. The van der Waals surface area contributed by atoms with Crippen LogP contribution in [0.2, 0.25) is 0 Å². The lowest BCUT2D eigenvalue weighted by Gasteiger charge is -2.34. The van der Waals surface area contributed by atoms with Crippen molar-refractivity contribution in [3.8, 4) is 0 Å². The van der Waals surface area contributed by atoms with Crippen molar-refractivity contribution >= 4 is 17.5 Å². The van der Waals surface area contributed by atoms with Gasteiger partial charge in [0.25, 0.3) is 5.91 Å². The fourth-order valence-corrected chi connectivity index (χ4v) is 3.14. The van der Waals surface area contributed by atoms with E-state index in [1.165, 1.54) is 23.3 Å². The highest BCUT2D eigenvalue weighted by atomic mass is 19.1. The molecule has 1 aromatic carbocycles. The zero-order valence-corrected chi connectivity index (χ0v) is 14.6. The first-order chi connectivity index (χ1) is 12.4. The molecule has 2 amide bonds. The van der Waals surface area contributed by atoms with Gasteiger partial charge in [-0.3, -0.25) is 9.59 Å². The van der Waals surface area contributed by atoms with Gasteiger partial charge in [0.2, 0.25) is 5.91 Å². The summed E-state index contributed by atoms with van der Waals surface area (Å²) in [6.07, 6.45) is 2.38. The van der Waals surface area contributed by atoms with Crippen LogP contribution in [-0.4, -0.2) is 24.4 Å². The van der Waals surface area contributed by atoms with E-state index in [4.69, 9.17) is 4.42 Å². The first-order valence-corrected chi connectivity index (χ1v) is 8.52. The lowest BCUT2D eigenvalue weighted by Crippen LogP contribution is -2.52. The maximum absolute atomic E-state index is 14.1. The summed E-state index contributed by atoms with van der Waals surface area (Å²) in [4.78, 5) is 26.7. The van der Waals surface area contributed by atoms with Crippen molar-refractivity contribution in [3.05, 3.63) is 53.5 Å². The number of anilines is 1. The predicted molar refractivity (Wildman–Crippen MR) is 91.8 cm³/mol. The third-order valence-electron chi connectivity index (χ3n) is 4.47. The molecule has 0 radical (unpaired) electrons. The number of nitrogens with zero attached hydrogens (tertiary/aromatic N) is 1. The highest BCUT2D eigenvalue weighted by Crippen LogP contribution is 2.31. The Kier molecular flexibility index (Phi) is 5.06. The van der Waals surface area contributed by atoms with Gasteiger partial charge < -0.3 is 14.6 Å². The van der Waals surface area contributed by atoms with Crippen LogP contribution in [0.4, 0.5) is 14.5 Å². The molecule has 0 fully saturated rings. The number of halogens is 2. The van der Waals surface area contributed by atoms with E-state index in [0.717, 1.165) is 6.07 Å². The maximum atomic E-state index is 14.1. The number of hydrogen-bond donors (Lipinski definition) is 1. The number of hydrogen-bond acceptors (Lipinski definition) is 3. The molecule has 3 rings (SSSR count). The van der Waals surface area contributed by atoms with Gasteiger partial charge in [0.05, 0.1) is 12.0 Å². The number of fused-ring (bicyclic) bond motifs is 1. The Morgan fingerprint density at radius 2 is 2.04 bits per heavy atom. The molecule has 0 saturated carbocycles. The number of carbonyl (C=O) groups is 2. The van der Waals surface area contributed by atoms with Gasteiger partial charge in [0.1, 0.15) is 17.7 Å². The van der Waals surface area contributed by atoms with Crippen LogP contribution < -0.4 is 10.2 Å². The molecule has 0 saturated heterocycles. The van der Waals surface area contributed by atoms with E-state index in [-0.39, 0.29) is 17.4 Å². The lowest BCUT2D eigenvalue weighted by atomic mass is 9.97. The third-order valence-corrected chi connectivity index (χ3v) is 4.47. The van der Waals surface area contributed by atoms with Gasteiger partial charge >= 0.3 is 0 Å². The van der Waals surface area contributed by atoms with Gasteiger partial charge in [-0.15, -0.1) is 0 Å². The van der Waals surface area contributed by atoms with Crippen molar-refractivity contribution in [2.45, 2.75) is 32.7 Å². The second-order valence-corrected chi connectivity index (χ2v) is 6.65. The van der Waals surface area contributed by atoms with E-state index < -0.39 is 29.5 Å². The van der Waals surface area contributed by atoms with Crippen LogP contribution in [0.15, 0.2) is 34.9 Å². The molecule has 0 spiro atoms. The van der Waals surface area contributed by atoms with E-state index in [1.807, 2.05) is 0 Å². The molecule has 7 heteroatoms. The second-order valence-electron chi connectivity index (χ2n) is 6.65. The molecule has 1 aliphatic heterocycles. The largest absolute Gasteiger partial charge is 0.459 e. The summed E-state index contributed by atoms with van der Waals surface area (Å²) in [6, 6.07) is 4.23. The van der Waals surface area contributed by atoms with Crippen LogP contribution in [0, 0.1) is 17.6 Å². The number of benzene rings is 1. The van der Waals surface area contributed by atoms with Crippen LogP contribution in [-0.2, 0) is 11.2 Å². The molecule has 0 bridgehead atoms. The summed E-state index contributed by atoms with van der Waals surface area (Å²) >= 11 is 0. The summed E-state index contributed by atoms with van der Waals surface area (Å²) < 4.78 is 32.8. The zero-order chi connectivity index (χ0) is 18.8. The smallest absolute Gasteiger partial charge is 0.287 e. The second kappa shape index (κ2) is 7.27. The Balaban J connectivity index is 1.88. The lowest BCUT2D eigenvalue weighted by molar-refractivity contribution is -0.121. The number of carbonyl (C=O) groups excluding carboxylic acids is 2. The molecule has 0 aliphatic carbocycles. The minimum atomic E-state index is -0.843. The van der Waals surface area contributed by atoms with E-state index in [2.05, 4.69) is 5.32 Å². The van der Waals surface area contributed by atoms with E-state index in [9.17, 15) is 18.4 Å². The number of nitrogens with one attached hydrogen (secondary N) is 1. The summed E-state index contributed by atoms with van der Waals surface area (Å²) in [5, 5.41) is 2.66. The van der Waals surface area contributed by atoms with Gasteiger partial charge in [-0.05, 0) is 37.0 Å². The fraction of sp³-hybridized carbons (Fsp3) is 0.368. The van der Waals surface area contributed by atoms with Crippen molar-refractivity contribution in [1.82, 2.24) is 5.32 Å². The fourth-order valence-electron chi connectivity index (χ4n) is 3.14. The Morgan fingerprint density at radius 3 is 2.69 bits per heavy atom. The molecule has 1 atom stereocenters. The standard InChI is InChI=1S/C19H20F2N2O3/c1-11(2)17(22-18(24)16-6-4-8-26-16)19(25)23-7-3-5-13-14(21)9-12(20)10-15(13)23/h4,6,8-11,17H,3,5,7H2,1-2H3,(H,22,24). The first-order valence-electron chi connectivity index (χ1n) is 8.52. The zero-order valence-electron chi connectivity index (χ0n) is 14.6. The Hall–Kier alpha value is -2.70. The van der Waals surface area contributed by atoms with Crippen LogP contribution in [0.25, 0.3) is 0 Å². The molecule has 1 N–H and O–H groups in total. The molecule has 26 heavy (non-hydrogen) atoms. The van der Waals surface area contributed by atoms with Crippen LogP contribution in [0.1, 0.15) is 36.4 Å². The molecule has 2 heterocycles. The van der Waals surface area contributed by atoms with Gasteiger partial charge in [-0.1, -0.05) is 13.8 Å². The van der Waals surface area contributed by atoms with Crippen LogP contribution in [0.3, 0.4) is 0 Å². The molecular weight excluding hydrogens is 342 g/mol. The summed E-state index contributed by atoms with van der Waals surface area (Å²) in [7, 11) is 0. The molecule has 5 nitrogen and oxygen atoms in total. The average Bonchev–Trinajstić information content (AvgIpc) is 3.13. The van der Waals surface area contributed by atoms with Crippen molar-refractivity contribution < 1.29 is 22.8 Å². The predicted octanol–water partition coefficient (Wildman–Crippen LogP) is 3.29. The molecule has 2 aromatic rings. The molecule has 1 unspecified atom stereocenters. The molecular formula is C19H20F2N2O3. The number of furan rings is 1. The maximum Gasteiger partial charge on any atom is 0.287 e. The highest BCUT2D eigenvalue weighted by Gasteiger charge is 2.33. The van der Waals surface area contributed by atoms with E-state index >= 15 is 0 Å². The Bertz CT molecular complexity index is 818. The normalized spacial score (nSPS) is 14.9. The van der Waals surface area contributed by atoms with Crippen molar-refractivity contribution in [2.75, 3.05) is 11.4 Å². The summed E-state index contributed by atoms with van der Waals surface area (Å²) in [5.41, 5.74) is 0.558. The quantitative estimate of drug-likeness (QED) is 0.908. The van der Waals surface area contributed by atoms with Gasteiger partial charge in [-0.2, -0.15) is 0 Å². The SMILES string of the molecule is CC(C)C(NC(=O)c1ccco1)C(=O)N1CCCc2c(F)cc(F)cc21. The summed E-state index contributed by atoms with van der Waals surface area (Å²) in [5.74, 6) is -2.42. The number of amides is 2. The number of rotatable bonds is 4. The third kappa shape index (κ3) is 3.47. The Morgan fingerprint density at radius 1 is 1.27 bits per heavy atom. The molecule has 138 valence electrons. The average molecular weight is 362 g/mol. The van der Waals surface area contributed by atoms with Gasteiger partial charge in [-0.25, -0.2) is 8.78 Å². The molecule has 1 aliphatic rings.